The van der Waals surface area contributed by atoms with Gasteiger partial charge in [-0.05, 0) is 12.1 Å². The number of benzene rings is 2. The summed E-state index contributed by atoms with van der Waals surface area (Å²) in [7, 11) is 0. The van der Waals surface area contributed by atoms with Gasteiger partial charge in [-0.25, -0.2) is 0 Å². The van der Waals surface area contributed by atoms with Crippen molar-refractivity contribution < 1.29 is 34.3 Å². The SMILES string of the molecule is N#[N+]c1ccccc1OCCOc1ccccc1[N+]#N.[Cl-].[Cl-]. The van der Waals surface area contributed by atoms with Crippen LogP contribution in [0, 0.1) is 10.8 Å². The lowest BCUT2D eigenvalue weighted by molar-refractivity contribution is -0.00100. The molecule has 0 aliphatic rings. The van der Waals surface area contributed by atoms with Crippen molar-refractivity contribution in [1.82, 2.24) is 0 Å². The van der Waals surface area contributed by atoms with Gasteiger partial charge in [-0.15, -0.1) is 0 Å². The topological polar surface area (TPSA) is 74.8 Å². The number of ether oxygens (including phenoxy) is 2. The fourth-order valence-corrected chi connectivity index (χ4v) is 1.63. The van der Waals surface area contributed by atoms with Gasteiger partial charge in [0.2, 0.25) is 22.3 Å². The summed E-state index contributed by atoms with van der Waals surface area (Å²) in [6, 6.07) is 13.7. The zero-order chi connectivity index (χ0) is 14.2. The maximum Gasteiger partial charge on any atom is 0.426 e. The molecule has 114 valence electrons. The number of para-hydroxylation sites is 2. The van der Waals surface area contributed by atoms with Crippen molar-refractivity contribution in [1.29, 1.82) is 10.8 Å². The summed E-state index contributed by atoms with van der Waals surface area (Å²) in [5.41, 5.74) is 0.719. The van der Waals surface area contributed by atoms with Crippen molar-refractivity contribution in [3.63, 3.8) is 0 Å². The van der Waals surface area contributed by atoms with Crippen LogP contribution in [0.4, 0.5) is 11.4 Å². The van der Waals surface area contributed by atoms with Crippen molar-refractivity contribution in [2.24, 2.45) is 0 Å². The van der Waals surface area contributed by atoms with Gasteiger partial charge in [0.15, 0.2) is 9.95 Å². The van der Waals surface area contributed by atoms with E-state index in [1.54, 1.807) is 48.5 Å². The molecule has 0 heterocycles. The van der Waals surface area contributed by atoms with Gasteiger partial charge in [0.05, 0.1) is 0 Å². The van der Waals surface area contributed by atoms with E-state index in [2.05, 4.69) is 9.95 Å². The predicted molar refractivity (Wildman–Crippen MR) is 73.4 cm³/mol. The fourth-order valence-electron chi connectivity index (χ4n) is 1.63. The summed E-state index contributed by atoms with van der Waals surface area (Å²) in [6.45, 7) is 0.540. The third-order valence-electron chi connectivity index (χ3n) is 2.54. The Morgan fingerprint density at radius 3 is 1.41 bits per heavy atom. The molecule has 0 saturated heterocycles. The summed E-state index contributed by atoms with van der Waals surface area (Å²) < 4.78 is 10.9. The van der Waals surface area contributed by atoms with Crippen LogP contribution >= 0.6 is 0 Å². The minimum atomic E-state index is 0. The lowest BCUT2D eigenvalue weighted by Crippen LogP contribution is -3.00. The van der Waals surface area contributed by atoms with E-state index in [0.717, 1.165) is 0 Å². The third kappa shape index (κ3) is 5.10. The first-order chi connectivity index (χ1) is 9.85. The minimum Gasteiger partial charge on any atom is -1.00 e. The highest BCUT2D eigenvalue weighted by Gasteiger charge is 2.15. The first-order valence-electron chi connectivity index (χ1n) is 5.99. The van der Waals surface area contributed by atoms with E-state index in [9.17, 15) is 0 Å². The summed E-state index contributed by atoms with van der Waals surface area (Å²) in [5.74, 6) is 0.942. The monoisotopic (exact) mass is 338 g/mol. The van der Waals surface area contributed by atoms with E-state index < -0.39 is 0 Å². The first kappa shape index (κ1) is 19.5. The Morgan fingerprint density at radius 1 is 0.682 bits per heavy atom. The molecular formula is C14H12Cl2N4O2. The Labute approximate surface area is 140 Å². The highest BCUT2D eigenvalue weighted by atomic mass is 35.5. The Bertz CT molecular complexity index is 624. The van der Waals surface area contributed by atoms with Gasteiger partial charge in [-0.1, -0.05) is 24.3 Å². The zero-order valence-corrected chi connectivity index (χ0v) is 12.9. The van der Waals surface area contributed by atoms with Crippen LogP contribution in [-0.2, 0) is 0 Å². The molecule has 2 rings (SSSR count). The highest BCUT2D eigenvalue weighted by Crippen LogP contribution is 2.28. The maximum atomic E-state index is 8.79. The molecule has 0 aliphatic heterocycles. The number of hydrogen-bond acceptors (Lipinski definition) is 4. The van der Waals surface area contributed by atoms with Gasteiger partial charge in [-0.2, -0.15) is 0 Å². The highest BCUT2D eigenvalue weighted by molar-refractivity contribution is 5.57. The maximum absolute atomic E-state index is 8.79. The molecule has 8 heteroatoms. The van der Waals surface area contributed by atoms with Crippen molar-refractivity contribution in [3.8, 4) is 11.5 Å². The molecule has 0 fully saturated rings. The van der Waals surface area contributed by atoms with Gasteiger partial charge in [0.25, 0.3) is 0 Å². The van der Waals surface area contributed by atoms with Crippen molar-refractivity contribution in [2.45, 2.75) is 0 Å². The second-order valence-corrected chi connectivity index (χ2v) is 3.83. The van der Waals surface area contributed by atoms with Crippen LogP contribution in [-0.4, -0.2) is 13.2 Å². The van der Waals surface area contributed by atoms with Crippen molar-refractivity contribution >= 4 is 11.4 Å². The fraction of sp³-hybridized carbons (Fsp3) is 0.143. The molecule has 0 aromatic heterocycles. The van der Waals surface area contributed by atoms with Gasteiger partial charge in [-0.3, -0.25) is 0 Å². The summed E-state index contributed by atoms with van der Waals surface area (Å²) in [6.07, 6.45) is 0. The van der Waals surface area contributed by atoms with Crippen molar-refractivity contribution in [2.75, 3.05) is 13.2 Å². The Balaban J connectivity index is 0.00000220. The second-order valence-electron chi connectivity index (χ2n) is 3.83. The van der Waals surface area contributed by atoms with Crippen LogP contribution in [0.1, 0.15) is 0 Å². The van der Waals surface area contributed by atoms with Gasteiger partial charge in [0, 0.05) is 12.1 Å². The van der Waals surface area contributed by atoms with E-state index >= 15 is 0 Å². The van der Waals surface area contributed by atoms with Crippen LogP contribution in [0.25, 0.3) is 9.95 Å². The van der Waals surface area contributed by atoms with E-state index in [4.69, 9.17) is 20.3 Å². The van der Waals surface area contributed by atoms with Gasteiger partial charge in [0.1, 0.15) is 13.2 Å². The molecule has 0 bridgehead atoms. The normalized spacial score (nSPS) is 8.45. The molecule has 0 spiro atoms. The molecule has 0 N–H and O–H groups in total. The predicted octanol–water partition coefficient (Wildman–Crippen LogP) is -1.88. The number of diazo groups is 2. The Morgan fingerprint density at radius 2 is 1.05 bits per heavy atom. The summed E-state index contributed by atoms with van der Waals surface area (Å²) in [5, 5.41) is 17.6. The largest absolute Gasteiger partial charge is 1.00 e. The molecule has 0 saturated carbocycles. The van der Waals surface area contributed by atoms with Crippen molar-refractivity contribution in [3.05, 3.63) is 58.5 Å². The van der Waals surface area contributed by atoms with Crippen LogP contribution < -0.4 is 34.3 Å². The molecular weight excluding hydrogens is 327 g/mol. The van der Waals surface area contributed by atoms with Crippen LogP contribution in [0.2, 0.25) is 0 Å². The number of rotatable bonds is 5. The molecule has 22 heavy (non-hydrogen) atoms. The minimum absolute atomic E-state index is 0. The third-order valence-corrected chi connectivity index (χ3v) is 2.54. The van der Waals surface area contributed by atoms with E-state index in [1.165, 1.54) is 0 Å². The molecule has 0 amide bonds. The summed E-state index contributed by atoms with van der Waals surface area (Å²) in [4.78, 5) is 6.24. The zero-order valence-electron chi connectivity index (χ0n) is 11.4. The van der Waals surface area contributed by atoms with E-state index in [-0.39, 0.29) is 38.0 Å². The van der Waals surface area contributed by atoms with Gasteiger partial charge < -0.3 is 34.3 Å². The standard InChI is InChI=1S/C14H12N4O2.2ClH/c15-17-11-5-1-3-7-13(11)19-9-10-20-14-8-4-2-6-12(14)18-16;;/h1-8H,9-10H2;2*1H/q+2;;/p-2. The molecule has 0 atom stereocenters. The molecule has 2 aromatic rings. The molecule has 6 nitrogen and oxygen atoms in total. The number of nitrogens with zero attached hydrogens (tertiary/aromatic N) is 4. The molecule has 0 unspecified atom stereocenters. The second kappa shape index (κ2) is 10.2. The average molecular weight is 339 g/mol. The molecule has 0 radical (unpaired) electrons. The van der Waals surface area contributed by atoms with Crippen LogP contribution in [0.5, 0.6) is 11.5 Å². The van der Waals surface area contributed by atoms with Gasteiger partial charge >= 0.3 is 11.4 Å². The van der Waals surface area contributed by atoms with E-state index in [1.807, 2.05) is 0 Å². The Kier molecular flexibility index (Phi) is 9.04. The molecule has 0 aliphatic carbocycles. The quantitative estimate of drug-likeness (QED) is 0.472. The van der Waals surface area contributed by atoms with Crippen LogP contribution in [0.15, 0.2) is 48.5 Å². The molecule has 2 aromatic carbocycles. The number of halogens is 2. The summed E-state index contributed by atoms with van der Waals surface area (Å²) >= 11 is 0. The average Bonchev–Trinajstić information content (AvgIpc) is 2.52. The lowest BCUT2D eigenvalue weighted by atomic mass is 10.3. The smallest absolute Gasteiger partial charge is 0.426 e. The first-order valence-corrected chi connectivity index (χ1v) is 5.99. The van der Waals surface area contributed by atoms with E-state index in [0.29, 0.717) is 22.9 Å². The Hall–Kier alpha value is -2.54. The lowest BCUT2D eigenvalue weighted by Gasteiger charge is -2.05. The van der Waals surface area contributed by atoms with Crippen LogP contribution in [0.3, 0.4) is 0 Å². The number of hydrogen-bond donors (Lipinski definition) is 0.